The lowest BCUT2D eigenvalue weighted by atomic mass is 9.97. The van der Waals surface area contributed by atoms with Gasteiger partial charge in [-0.1, -0.05) is 26.0 Å². The highest BCUT2D eigenvalue weighted by Gasteiger charge is 2.15. The maximum atomic E-state index is 10.6. The lowest BCUT2D eigenvalue weighted by Crippen LogP contribution is -2.02. The fourth-order valence-electron chi connectivity index (χ4n) is 1.67. The van der Waals surface area contributed by atoms with Gasteiger partial charge in [0.25, 0.3) is 0 Å². The van der Waals surface area contributed by atoms with E-state index in [0.29, 0.717) is 5.92 Å². The summed E-state index contributed by atoms with van der Waals surface area (Å²) in [6, 6.07) is 5.57. The van der Waals surface area contributed by atoms with Crippen LogP contribution in [0, 0.1) is 0 Å². The number of halogens is 1. The summed E-state index contributed by atoms with van der Waals surface area (Å²) in [7, 11) is 1.62. The predicted molar refractivity (Wildman–Crippen MR) is 67.9 cm³/mol. The van der Waals surface area contributed by atoms with Crippen molar-refractivity contribution in [2.45, 2.75) is 31.6 Å². The summed E-state index contributed by atoms with van der Waals surface area (Å²) in [5.74, 6) is 0.216. The molecule has 0 saturated carbocycles. The monoisotopic (exact) mass is 256 g/mol. The molecular formula is C13H17ClO3. The van der Waals surface area contributed by atoms with Gasteiger partial charge >= 0.3 is 5.97 Å². The quantitative estimate of drug-likeness (QED) is 0.819. The Hall–Kier alpha value is -1.22. The number of hydrogen-bond donors (Lipinski definition) is 1. The van der Waals surface area contributed by atoms with Crippen molar-refractivity contribution in [3.8, 4) is 5.75 Å². The van der Waals surface area contributed by atoms with Crippen molar-refractivity contribution in [2.24, 2.45) is 0 Å². The fourth-order valence-corrected chi connectivity index (χ4v) is 1.94. The van der Waals surface area contributed by atoms with Crippen LogP contribution in [0.4, 0.5) is 0 Å². The molecule has 17 heavy (non-hydrogen) atoms. The molecule has 0 saturated heterocycles. The normalized spacial score (nSPS) is 12.5. The molecular weight excluding hydrogens is 240 g/mol. The van der Waals surface area contributed by atoms with Gasteiger partial charge < -0.3 is 9.84 Å². The lowest BCUT2D eigenvalue weighted by molar-refractivity contribution is -0.137. The third-order valence-electron chi connectivity index (χ3n) is 2.59. The van der Waals surface area contributed by atoms with Gasteiger partial charge in [-0.2, -0.15) is 0 Å². The molecule has 94 valence electrons. The zero-order chi connectivity index (χ0) is 13.0. The molecule has 0 heterocycles. The van der Waals surface area contributed by atoms with Crippen LogP contribution in [0.2, 0.25) is 0 Å². The maximum Gasteiger partial charge on any atom is 0.305 e. The fraction of sp³-hybridized carbons (Fsp3) is 0.462. The number of methoxy groups -OCH3 is 1. The molecule has 1 atom stereocenters. The number of carboxylic acid groups (broad SMARTS) is 1. The number of alkyl halides is 1. The first kappa shape index (κ1) is 13.8. The zero-order valence-corrected chi connectivity index (χ0v) is 11.0. The van der Waals surface area contributed by atoms with Crippen LogP contribution in [0.1, 0.15) is 42.7 Å². The molecule has 1 aromatic rings. The topological polar surface area (TPSA) is 46.5 Å². The van der Waals surface area contributed by atoms with E-state index in [1.165, 1.54) is 0 Å². The molecule has 1 aromatic carbocycles. The molecule has 0 spiro atoms. The van der Waals surface area contributed by atoms with E-state index in [4.69, 9.17) is 21.4 Å². The van der Waals surface area contributed by atoms with Gasteiger partial charge in [-0.05, 0) is 23.1 Å². The Kier molecular flexibility index (Phi) is 4.82. The van der Waals surface area contributed by atoms with Crippen LogP contribution < -0.4 is 4.74 Å². The highest BCUT2D eigenvalue weighted by Crippen LogP contribution is 2.32. The summed E-state index contributed by atoms with van der Waals surface area (Å²) in [6.45, 7) is 4.12. The minimum absolute atomic E-state index is 0.0780. The third kappa shape index (κ3) is 3.63. The number of rotatable bonds is 5. The van der Waals surface area contributed by atoms with Crippen molar-refractivity contribution in [1.29, 1.82) is 0 Å². The second-order valence-electron chi connectivity index (χ2n) is 4.22. The maximum absolute atomic E-state index is 10.6. The Morgan fingerprint density at radius 3 is 2.59 bits per heavy atom. The SMILES string of the molecule is COc1ccc(C(Cl)CC(=O)O)cc1C(C)C. The van der Waals surface area contributed by atoms with Crippen LogP contribution in [-0.2, 0) is 4.79 Å². The number of aliphatic carboxylic acids is 1. The summed E-state index contributed by atoms with van der Waals surface area (Å²) >= 11 is 6.05. The van der Waals surface area contributed by atoms with Crippen LogP contribution in [0.3, 0.4) is 0 Å². The highest BCUT2D eigenvalue weighted by molar-refractivity contribution is 6.21. The first-order chi connectivity index (χ1) is 7.95. The summed E-state index contributed by atoms with van der Waals surface area (Å²) in [5.41, 5.74) is 1.86. The number of benzene rings is 1. The molecule has 0 amide bonds. The van der Waals surface area contributed by atoms with E-state index >= 15 is 0 Å². The smallest absolute Gasteiger partial charge is 0.305 e. The summed E-state index contributed by atoms with van der Waals surface area (Å²) in [4.78, 5) is 10.6. The molecule has 1 N–H and O–H groups in total. The Bertz CT molecular complexity index is 402. The second-order valence-corrected chi connectivity index (χ2v) is 4.75. The van der Waals surface area contributed by atoms with Crippen LogP contribution >= 0.6 is 11.6 Å². The van der Waals surface area contributed by atoms with Crippen LogP contribution in [0.5, 0.6) is 5.75 Å². The van der Waals surface area contributed by atoms with Crippen LogP contribution in [0.15, 0.2) is 18.2 Å². The Balaban J connectivity index is 3.03. The second kappa shape index (κ2) is 5.92. The van der Waals surface area contributed by atoms with Crippen molar-refractivity contribution < 1.29 is 14.6 Å². The number of carboxylic acids is 1. The average molecular weight is 257 g/mol. The van der Waals surface area contributed by atoms with Gasteiger partial charge in [0, 0.05) is 0 Å². The molecule has 0 bridgehead atoms. The van der Waals surface area contributed by atoms with Gasteiger partial charge in [0.15, 0.2) is 0 Å². The Morgan fingerprint density at radius 1 is 1.47 bits per heavy atom. The first-order valence-electron chi connectivity index (χ1n) is 5.49. The molecule has 1 rings (SSSR count). The summed E-state index contributed by atoms with van der Waals surface area (Å²) < 4.78 is 5.26. The number of carbonyl (C=O) groups is 1. The van der Waals surface area contributed by atoms with E-state index in [2.05, 4.69) is 13.8 Å². The number of hydrogen-bond acceptors (Lipinski definition) is 2. The molecule has 3 nitrogen and oxygen atoms in total. The predicted octanol–water partition coefficient (Wildman–Crippen LogP) is 3.57. The van der Waals surface area contributed by atoms with Crippen LogP contribution in [0.25, 0.3) is 0 Å². The van der Waals surface area contributed by atoms with Crippen molar-refractivity contribution in [3.05, 3.63) is 29.3 Å². The zero-order valence-electron chi connectivity index (χ0n) is 10.2. The average Bonchev–Trinajstić information content (AvgIpc) is 2.27. The van der Waals surface area contributed by atoms with Crippen LogP contribution in [-0.4, -0.2) is 18.2 Å². The van der Waals surface area contributed by atoms with Gasteiger partial charge in [0.05, 0.1) is 18.9 Å². The summed E-state index contributed by atoms with van der Waals surface area (Å²) in [6.07, 6.45) is -0.0780. The molecule has 0 aliphatic carbocycles. The van der Waals surface area contributed by atoms with E-state index < -0.39 is 11.3 Å². The van der Waals surface area contributed by atoms with Gasteiger partial charge in [0.1, 0.15) is 5.75 Å². The van der Waals surface area contributed by atoms with Crippen molar-refractivity contribution in [1.82, 2.24) is 0 Å². The number of ether oxygens (including phenoxy) is 1. The van der Waals surface area contributed by atoms with Gasteiger partial charge in [0.2, 0.25) is 0 Å². The Morgan fingerprint density at radius 2 is 2.12 bits per heavy atom. The molecule has 0 fully saturated rings. The molecule has 0 aliphatic rings. The first-order valence-corrected chi connectivity index (χ1v) is 5.93. The van der Waals surface area contributed by atoms with E-state index in [0.717, 1.165) is 16.9 Å². The van der Waals surface area contributed by atoms with Crippen molar-refractivity contribution in [3.63, 3.8) is 0 Å². The van der Waals surface area contributed by atoms with E-state index in [1.807, 2.05) is 18.2 Å². The van der Waals surface area contributed by atoms with Gasteiger partial charge in [-0.15, -0.1) is 11.6 Å². The molecule has 0 aliphatic heterocycles. The highest BCUT2D eigenvalue weighted by atomic mass is 35.5. The molecule has 0 aromatic heterocycles. The summed E-state index contributed by atoms with van der Waals surface area (Å²) in [5, 5.41) is 8.21. The van der Waals surface area contributed by atoms with Gasteiger partial charge in [-0.25, -0.2) is 0 Å². The van der Waals surface area contributed by atoms with E-state index in [9.17, 15) is 4.79 Å². The largest absolute Gasteiger partial charge is 0.496 e. The van der Waals surface area contributed by atoms with Gasteiger partial charge in [-0.3, -0.25) is 4.79 Å². The Labute approximate surface area is 106 Å². The van der Waals surface area contributed by atoms with Crippen molar-refractivity contribution in [2.75, 3.05) is 7.11 Å². The van der Waals surface area contributed by atoms with E-state index in [1.54, 1.807) is 7.11 Å². The molecule has 4 heteroatoms. The molecule has 0 radical (unpaired) electrons. The lowest BCUT2D eigenvalue weighted by Gasteiger charge is -2.15. The minimum Gasteiger partial charge on any atom is -0.496 e. The van der Waals surface area contributed by atoms with E-state index in [-0.39, 0.29) is 6.42 Å². The minimum atomic E-state index is -0.896. The standard InChI is InChI=1S/C13H17ClO3/c1-8(2)10-6-9(4-5-12(10)17-3)11(14)7-13(15)16/h4-6,8,11H,7H2,1-3H3,(H,15,16). The third-order valence-corrected chi connectivity index (χ3v) is 3.00. The van der Waals surface area contributed by atoms with Crippen molar-refractivity contribution >= 4 is 17.6 Å². The molecule has 1 unspecified atom stereocenters.